The quantitative estimate of drug-likeness (QED) is 0.285. The van der Waals surface area contributed by atoms with Crippen LogP contribution in [0.1, 0.15) is 41.9 Å². The van der Waals surface area contributed by atoms with Crippen LogP contribution < -0.4 is 10.6 Å². The van der Waals surface area contributed by atoms with Crippen LogP contribution in [0.3, 0.4) is 0 Å². The number of alkyl halides is 3. The molecule has 0 spiro atoms. The third-order valence-corrected chi connectivity index (χ3v) is 7.72. The summed E-state index contributed by atoms with van der Waals surface area (Å²) in [6.45, 7) is 3.25. The van der Waals surface area contributed by atoms with Crippen molar-refractivity contribution in [1.82, 2.24) is 20.3 Å². The van der Waals surface area contributed by atoms with Crippen LogP contribution in [-0.4, -0.2) is 33.1 Å². The molecule has 1 aliphatic heterocycles. The number of aromatic nitrogens is 3. The minimum absolute atomic E-state index is 0.0631. The second kappa shape index (κ2) is 10.2. The average molecular weight is 526 g/mol. The third-order valence-electron chi connectivity index (χ3n) is 6.45. The number of aliphatic hydroxyl groups is 1. The van der Waals surface area contributed by atoms with Crippen molar-refractivity contribution in [3.63, 3.8) is 0 Å². The molecule has 37 heavy (non-hydrogen) atoms. The van der Waals surface area contributed by atoms with Gasteiger partial charge in [-0.15, -0.1) is 11.3 Å². The van der Waals surface area contributed by atoms with Crippen molar-refractivity contribution in [1.29, 1.82) is 0 Å². The van der Waals surface area contributed by atoms with Crippen LogP contribution in [0.25, 0.3) is 21.8 Å². The summed E-state index contributed by atoms with van der Waals surface area (Å²) in [5.41, 5.74) is 0.351. The highest BCUT2D eigenvalue weighted by atomic mass is 32.1. The van der Waals surface area contributed by atoms with E-state index in [0.29, 0.717) is 58.7 Å². The molecule has 0 radical (unpaired) electrons. The SMILES string of the molecule is CC(Nc1nccc(-c2sc(C3(O)CCNCC3)nc2-c2cccc(C(F)(F)F)c2)n1)c1ccccc1. The fourth-order valence-electron chi connectivity index (χ4n) is 4.36. The number of piperidine rings is 1. The topological polar surface area (TPSA) is 83.0 Å². The van der Waals surface area contributed by atoms with E-state index >= 15 is 0 Å². The lowest BCUT2D eigenvalue weighted by Gasteiger charge is -2.30. The molecule has 192 valence electrons. The van der Waals surface area contributed by atoms with E-state index in [0.717, 1.165) is 17.7 Å². The van der Waals surface area contributed by atoms with Crippen molar-refractivity contribution >= 4 is 17.3 Å². The van der Waals surface area contributed by atoms with Gasteiger partial charge in [0.05, 0.1) is 27.9 Å². The Labute approximate surface area is 216 Å². The summed E-state index contributed by atoms with van der Waals surface area (Å²) in [7, 11) is 0. The molecule has 10 heteroatoms. The van der Waals surface area contributed by atoms with Gasteiger partial charge in [-0.25, -0.2) is 15.0 Å². The fourth-order valence-corrected chi connectivity index (χ4v) is 5.56. The number of nitrogens with zero attached hydrogens (tertiary/aromatic N) is 3. The number of anilines is 1. The summed E-state index contributed by atoms with van der Waals surface area (Å²) < 4.78 is 40.5. The highest BCUT2D eigenvalue weighted by molar-refractivity contribution is 7.15. The molecule has 1 unspecified atom stereocenters. The van der Waals surface area contributed by atoms with Gasteiger partial charge in [-0.3, -0.25) is 0 Å². The third kappa shape index (κ3) is 5.51. The van der Waals surface area contributed by atoms with E-state index in [2.05, 4.69) is 20.6 Å². The molecule has 2 aromatic carbocycles. The van der Waals surface area contributed by atoms with Gasteiger partial charge < -0.3 is 15.7 Å². The number of halogens is 3. The van der Waals surface area contributed by atoms with Crippen LogP contribution in [0, 0.1) is 0 Å². The van der Waals surface area contributed by atoms with Crippen molar-refractivity contribution in [2.45, 2.75) is 37.6 Å². The summed E-state index contributed by atoms with van der Waals surface area (Å²) in [6, 6.07) is 16.6. The first-order valence-corrected chi connectivity index (χ1v) is 12.8. The number of rotatable bonds is 6. The van der Waals surface area contributed by atoms with Crippen molar-refractivity contribution < 1.29 is 18.3 Å². The summed E-state index contributed by atoms with van der Waals surface area (Å²) in [5, 5.41) is 18.3. The molecule has 0 saturated carbocycles. The van der Waals surface area contributed by atoms with Crippen LogP contribution in [0.2, 0.25) is 0 Å². The highest BCUT2D eigenvalue weighted by Gasteiger charge is 2.36. The maximum Gasteiger partial charge on any atom is 0.416 e. The smallest absolute Gasteiger partial charge is 0.383 e. The largest absolute Gasteiger partial charge is 0.416 e. The first-order chi connectivity index (χ1) is 17.7. The molecule has 1 fully saturated rings. The first kappa shape index (κ1) is 25.3. The molecule has 1 atom stereocenters. The van der Waals surface area contributed by atoms with Gasteiger partial charge in [0.2, 0.25) is 5.95 Å². The molecular weight excluding hydrogens is 499 g/mol. The maximum absolute atomic E-state index is 13.5. The van der Waals surface area contributed by atoms with E-state index in [-0.39, 0.29) is 6.04 Å². The molecule has 0 amide bonds. The van der Waals surface area contributed by atoms with Crippen LogP contribution in [0.4, 0.5) is 19.1 Å². The van der Waals surface area contributed by atoms with E-state index < -0.39 is 17.3 Å². The number of hydrogen-bond donors (Lipinski definition) is 3. The Morgan fingerprint density at radius 2 is 1.78 bits per heavy atom. The average Bonchev–Trinajstić information content (AvgIpc) is 3.36. The predicted molar refractivity (Wildman–Crippen MR) is 138 cm³/mol. The molecule has 6 nitrogen and oxygen atoms in total. The van der Waals surface area contributed by atoms with E-state index in [1.54, 1.807) is 18.3 Å². The van der Waals surface area contributed by atoms with Gasteiger partial charge in [0, 0.05) is 11.8 Å². The molecular formula is C27H26F3N5OS. The molecule has 0 aliphatic carbocycles. The molecule has 5 rings (SSSR count). The van der Waals surface area contributed by atoms with Crippen molar-refractivity contribution in [3.8, 4) is 21.8 Å². The molecule has 2 aromatic heterocycles. The summed E-state index contributed by atoms with van der Waals surface area (Å²) >= 11 is 1.26. The molecule has 1 aliphatic rings. The van der Waals surface area contributed by atoms with Gasteiger partial charge in [0.15, 0.2) is 0 Å². The summed E-state index contributed by atoms with van der Waals surface area (Å²) in [6.07, 6.45) is -1.95. The normalized spacial score (nSPS) is 16.4. The van der Waals surface area contributed by atoms with Gasteiger partial charge in [0.25, 0.3) is 0 Å². The zero-order valence-corrected chi connectivity index (χ0v) is 20.9. The molecule has 1 saturated heterocycles. The van der Waals surface area contributed by atoms with Crippen LogP contribution in [-0.2, 0) is 11.8 Å². The monoisotopic (exact) mass is 525 g/mol. The Kier molecular flexibility index (Phi) is 6.98. The number of nitrogens with one attached hydrogen (secondary N) is 2. The van der Waals surface area contributed by atoms with Gasteiger partial charge in [0.1, 0.15) is 10.6 Å². The van der Waals surface area contributed by atoms with E-state index in [9.17, 15) is 18.3 Å². The fraction of sp³-hybridized carbons (Fsp3) is 0.296. The Morgan fingerprint density at radius 3 is 2.51 bits per heavy atom. The highest BCUT2D eigenvalue weighted by Crippen LogP contribution is 2.43. The standard InChI is InChI=1S/C27H26F3N5OS/c1-17(18-6-3-2-4-7-18)33-25-32-13-10-21(34-25)23-22(19-8-5-9-20(16-19)27(28,29)30)35-24(37-23)26(36)11-14-31-15-12-26/h2-10,13,16-17,31,36H,11-12,14-15H2,1H3,(H,32,33,34). The molecule has 0 bridgehead atoms. The molecule has 3 heterocycles. The summed E-state index contributed by atoms with van der Waals surface area (Å²) in [4.78, 5) is 14.3. The molecule has 3 N–H and O–H groups in total. The van der Waals surface area contributed by atoms with Gasteiger partial charge in [-0.05, 0) is 56.6 Å². The zero-order valence-electron chi connectivity index (χ0n) is 20.1. The second-order valence-electron chi connectivity index (χ2n) is 9.10. The van der Waals surface area contributed by atoms with Crippen molar-refractivity contribution in [2.75, 3.05) is 18.4 Å². The lowest BCUT2D eigenvalue weighted by Crippen LogP contribution is -2.39. The molecule has 4 aromatic rings. The van der Waals surface area contributed by atoms with Crippen LogP contribution >= 0.6 is 11.3 Å². The Bertz CT molecular complexity index is 1370. The van der Waals surface area contributed by atoms with E-state index in [1.807, 2.05) is 37.3 Å². The minimum Gasteiger partial charge on any atom is -0.383 e. The van der Waals surface area contributed by atoms with E-state index in [1.165, 1.54) is 17.4 Å². The van der Waals surface area contributed by atoms with Crippen molar-refractivity contribution in [3.05, 3.63) is 83.0 Å². The number of hydrogen-bond acceptors (Lipinski definition) is 7. The minimum atomic E-state index is -4.48. The van der Waals surface area contributed by atoms with Crippen molar-refractivity contribution in [2.24, 2.45) is 0 Å². The predicted octanol–water partition coefficient (Wildman–Crippen LogP) is 6.03. The lowest BCUT2D eigenvalue weighted by molar-refractivity contribution is -0.137. The van der Waals surface area contributed by atoms with E-state index in [4.69, 9.17) is 4.98 Å². The first-order valence-electron chi connectivity index (χ1n) is 12.0. The van der Waals surface area contributed by atoms with Crippen LogP contribution in [0.5, 0.6) is 0 Å². The lowest BCUT2D eigenvalue weighted by atomic mass is 9.93. The number of benzene rings is 2. The van der Waals surface area contributed by atoms with Gasteiger partial charge in [-0.1, -0.05) is 42.5 Å². The zero-order chi connectivity index (χ0) is 26.0. The van der Waals surface area contributed by atoms with Gasteiger partial charge in [-0.2, -0.15) is 13.2 Å². The Morgan fingerprint density at radius 1 is 1.03 bits per heavy atom. The second-order valence-corrected chi connectivity index (χ2v) is 10.1. The summed E-state index contributed by atoms with van der Waals surface area (Å²) in [5.74, 6) is 0.388. The number of thiazole rings is 1. The van der Waals surface area contributed by atoms with Crippen LogP contribution in [0.15, 0.2) is 66.9 Å². The Balaban J connectivity index is 1.57. The Hall–Kier alpha value is -3.34. The maximum atomic E-state index is 13.5. The van der Waals surface area contributed by atoms with Gasteiger partial charge >= 0.3 is 6.18 Å².